The predicted molar refractivity (Wildman–Crippen MR) is 142 cm³/mol. The van der Waals surface area contributed by atoms with Crippen molar-refractivity contribution in [3.05, 3.63) is 83.7 Å². The minimum atomic E-state index is -4.03. The van der Waals surface area contributed by atoms with Crippen LogP contribution < -0.4 is 9.04 Å². The van der Waals surface area contributed by atoms with Crippen LogP contribution in [0, 0.1) is 0 Å². The molecule has 1 aromatic heterocycles. The van der Waals surface area contributed by atoms with Crippen molar-refractivity contribution in [2.45, 2.75) is 38.7 Å². The van der Waals surface area contributed by atoms with Crippen LogP contribution in [0.25, 0.3) is 0 Å². The third kappa shape index (κ3) is 5.88. The zero-order valence-corrected chi connectivity index (χ0v) is 22.5. The molecule has 1 amide bonds. The number of ether oxygens (including phenoxy) is 1. The minimum absolute atomic E-state index is 0.0825. The fourth-order valence-corrected chi connectivity index (χ4v) is 6.51. The van der Waals surface area contributed by atoms with Crippen molar-refractivity contribution in [1.82, 2.24) is 9.29 Å². The lowest BCUT2D eigenvalue weighted by Crippen LogP contribution is -2.37. The molecule has 0 aliphatic carbocycles. The van der Waals surface area contributed by atoms with Gasteiger partial charge in [0.15, 0.2) is 0 Å². The molecule has 190 valence electrons. The lowest BCUT2D eigenvalue weighted by Gasteiger charge is -2.24. The summed E-state index contributed by atoms with van der Waals surface area (Å²) in [6.07, 6.45) is 1.94. The summed E-state index contributed by atoms with van der Waals surface area (Å²) < 4.78 is 35.1. The van der Waals surface area contributed by atoms with Gasteiger partial charge in [-0.25, -0.2) is 8.61 Å². The highest BCUT2D eigenvalue weighted by atomic mass is 32.2. The number of carbonyl (C=O) groups is 1. The van der Waals surface area contributed by atoms with Gasteiger partial charge in [0.2, 0.25) is 0 Å². The number of aromatic hydroxyl groups is 1. The van der Waals surface area contributed by atoms with Gasteiger partial charge in [0.1, 0.15) is 24.7 Å². The van der Waals surface area contributed by atoms with E-state index >= 15 is 0 Å². The van der Waals surface area contributed by atoms with Crippen LogP contribution in [0.4, 0.5) is 5.69 Å². The minimum Gasteiger partial charge on any atom is -0.506 e. The second kappa shape index (κ2) is 10.3. The van der Waals surface area contributed by atoms with E-state index in [0.29, 0.717) is 29.6 Å². The molecule has 2 heterocycles. The molecule has 1 N–H and O–H groups in total. The number of anilines is 1. The molecule has 1 aliphatic rings. The first-order valence-electron chi connectivity index (χ1n) is 11.8. The number of carbonyl (C=O) groups excluding carboxylic acids is 1. The Hall–Kier alpha value is -3.37. The van der Waals surface area contributed by atoms with E-state index in [1.54, 1.807) is 36.5 Å². The number of hydrogen-bond donors (Lipinski definition) is 1. The number of amides is 1. The number of aromatic nitrogens is 1. The van der Waals surface area contributed by atoms with E-state index < -0.39 is 24.2 Å². The van der Waals surface area contributed by atoms with Crippen molar-refractivity contribution in [2.75, 3.05) is 17.4 Å². The van der Waals surface area contributed by atoms with E-state index in [2.05, 4.69) is 24.6 Å². The Morgan fingerprint density at radius 1 is 1.03 bits per heavy atom. The molecular formula is C26H31N3O5SSi. The van der Waals surface area contributed by atoms with Crippen LogP contribution in [0.5, 0.6) is 11.5 Å². The van der Waals surface area contributed by atoms with E-state index in [0.717, 1.165) is 19.7 Å². The first-order chi connectivity index (χ1) is 17.0. The molecule has 8 nitrogen and oxygen atoms in total. The van der Waals surface area contributed by atoms with Crippen molar-refractivity contribution in [3.63, 3.8) is 0 Å². The number of pyridine rings is 1. The fraction of sp³-hybridized carbons (Fsp3) is 0.308. The maximum Gasteiger partial charge on any atom is 0.329 e. The van der Waals surface area contributed by atoms with Crippen molar-refractivity contribution in [3.8, 4) is 11.5 Å². The van der Waals surface area contributed by atoms with Crippen LogP contribution in [-0.2, 0) is 28.0 Å². The van der Waals surface area contributed by atoms with E-state index in [-0.39, 0.29) is 25.4 Å². The molecule has 2 aromatic carbocycles. The second-order valence-electron chi connectivity index (χ2n) is 10.0. The fourth-order valence-electron chi connectivity index (χ4n) is 3.90. The molecule has 0 atom stereocenters. The zero-order chi connectivity index (χ0) is 25.9. The third-order valence-corrected chi connectivity index (χ3v) is 9.50. The monoisotopic (exact) mass is 525 g/mol. The Morgan fingerprint density at radius 3 is 2.47 bits per heavy atom. The van der Waals surface area contributed by atoms with Gasteiger partial charge in [-0.1, -0.05) is 56.0 Å². The summed E-state index contributed by atoms with van der Waals surface area (Å²) >= 11 is 0. The van der Waals surface area contributed by atoms with Crippen molar-refractivity contribution < 1.29 is 23.1 Å². The highest BCUT2D eigenvalue weighted by molar-refractivity contribution is 7.91. The van der Waals surface area contributed by atoms with Crippen LogP contribution >= 0.6 is 0 Å². The highest BCUT2D eigenvalue weighted by Gasteiger charge is 2.43. The molecule has 36 heavy (non-hydrogen) atoms. The smallest absolute Gasteiger partial charge is 0.329 e. The molecule has 3 aromatic rings. The topological polar surface area (TPSA) is 100 Å². The molecule has 0 saturated carbocycles. The first-order valence-corrected chi connectivity index (χ1v) is 16.9. The highest BCUT2D eigenvalue weighted by Crippen LogP contribution is 2.36. The summed E-state index contributed by atoms with van der Waals surface area (Å²) in [6, 6.07) is 18.6. The van der Waals surface area contributed by atoms with Crippen molar-refractivity contribution in [2.24, 2.45) is 0 Å². The van der Waals surface area contributed by atoms with E-state index in [1.807, 2.05) is 30.3 Å². The molecular weight excluding hydrogens is 494 g/mol. The zero-order valence-electron chi connectivity index (χ0n) is 20.7. The van der Waals surface area contributed by atoms with Crippen LogP contribution in [0.15, 0.2) is 66.9 Å². The Morgan fingerprint density at radius 2 is 1.78 bits per heavy atom. The Balaban J connectivity index is 1.66. The Bertz CT molecular complexity index is 1340. The summed E-state index contributed by atoms with van der Waals surface area (Å²) in [5.41, 5.74) is 2.52. The lowest BCUT2D eigenvalue weighted by molar-refractivity contribution is -0.123. The summed E-state index contributed by atoms with van der Waals surface area (Å²) in [5.74, 6) is -0.0148. The third-order valence-electron chi connectivity index (χ3n) is 5.95. The number of nitrogens with zero attached hydrogens (tertiary/aromatic N) is 3. The van der Waals surface area contributed by atoms with Gasteiger partial charge >= 0.3 is 10.2 Å². The van der Waals surface area contributed by atoms with E-state index in [1.165, 1.54) is 0 Å². The standard InChI is InChI=1S/C26H31N3O5SSi/c1-36(2,3)15-14-28-26(31)18-29(35(28,32)33)23-12-11-21(16-22-24(30)10-7-13-27-22)17-25(23)34-19-20-8-5-4-6-9-20/h4-13,17,30H,14-16,18-19H2,1-3H3. The maximum absolute atomic E-state index is 13.4. The molecule has 0 bridgehead atoms. The number of rotatable bonds is 9. The quantitative estimate of drug-likeness (QED) is 0.421. The molecule has 0 spiro atoms. The summed E-state index contributed by atoms with van der Waals surface area (Å²) in [7, 11) is -5.59. The summed E-state index contributed by atoms with van der Waals surface area (Å²) in [4.78, 5) is 17.0. The second-order valence-corrected chi connectivity index (χ2v) is 17.4. The molecule has 10 heteroatoms. The van der Waals surface area contributed by atoms with Crippen LogP contribution in [-0.4, -0.2) is 49.9 Å². The maximum atomic E-state index is 13.4. The van der Waals surface area contributed by atoms with Gasteiger partial charge in [0.05, 0.1) is 11.4 Å². The molecule has 0 unspecified atom stereocenters. The summed E-state index contributed by atoms with van der Waals surface area (Å²) in [6.45, 7) is 6.58. The van der Waals surface area contributed by atoms with Gasteiger partial charge < -0.3 is 9.84 Å². The van der Waals surface area contributed by atoms with E-state index in [9.17, 15) is 18.3 Å². The molecule has 1 saturated heterocycles. The van der Waals surface area contributed by atoms with Gasteiger partial charge in [-0.2, -0.15) is 8.42 Å². The van der Waals surface area contributed by atoms with Gasteiger partial charge in [0, 0.05) is 27.2 Å². The summed E-state index contributed by atoms with van der Waals surface area (Å²) in [5, 5.41) is 10.1. The SMILES string of the molecule is C[Si](C)(C)CCN1C(=O)CN(c2ccc(Cc3ncccc3O)cc2OCc2ccccc2)S1(=O)=O. The molecule has 1 fully saturated rings. The lowest BCUT2D eigenvalue weighted by atomic mass is 10.1. The van der Waals surface area contributed by atoms with Gasteiger partial charge in [-0.05, 0) is 41.4 Å². The largest absolute Gasteiger partial charge is 0.506 e. The predicted octanol–water partition coefficient (Wildman–Crippen LogP) is 4.19. The van der Waals surface area contributed by atoms with Gasteiger partial charge in [-0.15, -0.1) is 0 Å². The van der Waals surface area contributed by atoms with Crippen LogP contribution in [0.1, 0.15) is 16.8 Å². The Labute approximate surface area is 213 Å². The van der Waals surface area contributed by atoms with E-state index in [4.69, 9.17) is 4.74 Å². The number of hydrogen-bond acceptors (Lipinski definition) is 6. The molecule has 4 rings (SSSR count). The number of benzene rings is 2. The molecule has 0 radical (unpaired) electrons. The van der Waals surface area contributed by atoms with Crippen LogP contribution in [0.2, 0.25) is 25.7 Å². The first kappa shape index (κ1) is 25.7. The average molecular weight is 526 g/mol. The van der Waals surface area contributed by atoms with Crippen molar-refractivity contribution >= 4 is 29.9 Å². The Kier molecular flexibility index (Phi) is 7.37. The average Bonchev–Trinajstić information content (AvgIpc) is 3.05. The molecule has 1 aliphatic heterocycles. The van der Waals surface area contributed by atoms with Crippen molar-refractivity contribution in [1.29, 1.82) is 0 Å². The normalized spacial score (nSPS) is 15.4. The van der Waals surface area contributed by atoms with Crippen LogP contribution in [0.3, 0.4) is 0 Å². The van der Waals surface area contributed by atoms with Gasteiger partial charge in [-0.3, -0.25) is 9.78 Å². The van der Waals surface area contributed by atoms with Gasteiger partial charge in [0.25, 0.3) is 5.91 Å².